The average Bonchev–Trinajstić information content (AvgIpc) is 2.36. The van der Waals surface area contributed by atoms with Gasteiger partial charge in [0.1, 0.15) is 6.17 Å². The Bertz CT molecular complexity index is 259. The first-order chi connectivity index (χ1) is 5.27. The van der Waals surface area contributed by atoms with Crippen molar-refractivity contribution in [1.82, 2.24) is 10.6 Å². The van der Waals surface area contributed by atoms with Crippen LogP contribution in [0.25, 0.3) is 0 Å². The maximum atomic E-state index is 11.0. The smallest absolute Gasteiger partial charge is 0.259 e. The summed E-state index contributed by atoms with van der Waals surface area (Å²) >= 11 is 3.18. The van der Waals surface area contributed by atoms with Crippen molar-refractivity contribution >= 4 is 21.8 Å². The van der Waals surface area contributed by atoms with E-state index in [2.05, 4.69) is 26.6 Å². The quantitative estimate of drug-likeness (QED) is 0.616. The van der Waals surface area contributed by atoms with Crippen LogP contribution in [0, 0.1) is 5.92 Å². The summed E-state index contributed by atoms with van der Waals surface area (Å²) in [7, 11) is 0. The van der Waals surface area contributed by atoms with Gasteiger partial charge in [-0.3, -0.25) is 4.79 Å². The van der Waals surface area contributed by atoms with Crippen molar-refractivity contribution in [1.29, 1.82) is 0 Å². The summed E-state index contributed by atoms with van der Waals surface area (Å²) < 4.78 is 0.618. The zero-order chi connectivity index (χ0) is 7.84. The van der Waals surface area contributed by atoms with Gasteiger partial charge in [-0.2, -0.15) is 0 Å². The van der Waals surface area contributed by atoms with Crippen molar-refractivity contribution in [2.45, 2.75) is 6.17 Å². The number of amides is 1. The molecule has 2 N–H and O–H groups in total. The average molecular weight is 215 g/mol. The van der Waals surface area contributed by atoms with E-state index >= 15 is 0 Å². The van der Waals surface area contributed by atoms with E-state index in [0.717, 1.165) is 0 Å². The second kappa shape index (κ2) is 2.37. The summed E-state index contributed by atoms with van der Waals surface area (Å²) in [5.74, 6) is 0.240. The van der Waals surface area contributed by atoms with Crippen molar-refractivity contribution in [2.24, 2.45) is 5.92 Å². The van der Waals surface area contributed by atoms with Crippen molar-refractivity contribution in [3.05, 3.63) is 22.8 Å². The minimum Gasteiger partial charge on any atom is -0.371 e. The molecule has 0 aliphatic carbocycles. The fraction of sp³-hybridized carbons (Fsp3) is 0.286. The molecule has 11 heavy (non-hydrogen) atoms. The lowest BCUT2D eigenvalue weighted by Gasteiger charge is -2.23. The number of hydrogen-bond acceptors (Lipinski definition) is 2. The second-order valence-electron chi connectivity index (χ2n) is 2.57. The summed E-state index contributed by atoms with van der Waals surface area (Å²) in [6.45, 7) is 0. The Labute approximate surface area is 72.7 Å². The Morgan fingerprint density at radius 2 is 2.36 bits per heavy atom. The van der Waals surface area contributed by atoms with Gasteiger partial charge in [0.05, 0.1) is 4.48 Å². The van der Waals surface area contributed by atoms with Gasteiger partial charge in [-0.1, -0.05) is 12.2 Å². The number of halogens is 1. The first-order valence-corrected chi connectivity index (χ1v) is 4.17. The van der Waals surface area contributed by atoms with Gasteiger partial charge in [0, 0.05) is 5.92 Å². The van der Waals surface area contributed by atoms with Crippen LogP contribution in [0.15, 0.2) is 22.8 Å². The lowest BCUT2D eigenvalue weighted by Crippen LogP contribution is -2.47. The molecule has 0 saturated heterocycles. The largest absolute Gasteiger partial charge is 0.371 e. The van der Waals surface area contributed by atoms with Crippen LogP contribution in [0.2, 0.25) is 0 Å². The fourth-order valence-corrected chi connectivity index (χ4v) is 1.66. The number of rotatable bonds is 0. The summed E-state index contributed by atoms with van der Waals surface area (Å²) in [6, 6.07) is 0. The highest BCUT2D eigenvalue weighted by Gasteiger charge is 2.28. The highest BCUT2D eigenvalue weighted by molar-refractivity contribution is 9.12. The van der Waals surface area contributed by atoms with E-state index in [9.17, 15) is 4.79 Å². The molecule has 3 nitrogen and oxygen atoms in total. The molecule has 0 saturated carbocycles. The first-order valence-electron chi connectivity index (χ1n) is 3.38. The van der Waals surface area contributed by atoms with Crippen LogP contribution >= 0.6 is 15.9 Å². The van der Waals surface area contributed by atoms with Gasteiger partial charge in [0.2, 0.25) is 0 Å². The lowest BCUT2D eigenvalue weighted by molar-refractivity contribution is -0.118. The Morgan fingerprint density at radius 1 is 1.55 bits per heavy atom. The molecule has 2 unspecified atom stereocenters. The monoisotopic (exact) mass is 214 g/mol. The SMILES string of the molecule is O=C1NC2NC=CC2C=C1Br. The summed E-state index contributed by atoms with van der Waals surface area (Å²) in [4.78, 5) is 11.0. The van der Waals surface area contributed by atoms with Gasteiger partial charge in [0.25, 0.3) is 5.91 Å². The third kappa shape index (κ3) is 1.07. The van der Waals surface area contributed by atoms with Gasteiger partial charge in [-0.05, 0) is 22.1 Å². The molecule has 2 aliphatic heterocycles. The molecule has 1 amide bonds. The highest BCUT2D eigenvalue weighted by Crippen LogP contribution is 2.21. The maximum absolute atomic E-state index is 11.0. The van der Waals surface area contributed by atoms with Crippen LogP contribution < -0.4 is 10.6 Å². The molecule has 2 aliphatic rings. The summed E-state index contributed by atoms with van der Waals surface area (Å²) in [5.41, 5.74) is 0. The molecule has 2 atom stereocenters. The van der Waals surface area contributed by atoms with Gasteiger partial charge >= 0.3 is 0 Å². The molecule has 0 fully saturated rings. The zero-order valence-corrected chi connectivity index (χ0v) is 7.26. The molecule has 2 heterocycles. The summed E-state index contributed by atoms with van der Waals surface area (Å²) in [6.07, 6.45) is 5.84. The van der Waals surface area contributed by atoms with Gasteiger partial charge in [-0.15, -0.1) is 0 Å². The van der Waals surface area contributed by atoms with Crippen LogP contribution in [-0.2, 0) is 4.79 Å². The topological polar surface area (TPSA) is 41.1 Å². The van der Waals surface area contributed by atoms with Gasteiger partial charge in [0.15, 0.2) is 0 Å². The van der Waals surface area contributed by atoms with E-state index in [-0.39, 0.29) is 12.1 Å². The van der Waals surface area contributed by atoms with Gasteiger partial charge < -0.3 is 10.6 Å². The van der Waals surface area contributed by atoms with Crippen LogP contribution in [0.1, 0.15) is 0 Å². The Kier molecular flexibility index (Phi) is 1.49. The third-order valence-corrected chi connectivity index (χ3v) is 2.45. The van der Waals surface area contributed by atoms with Crippen molar-refractivity contribution in [2.75, 3.05) is 0 Å². The molecule has 0 bridgehead atoms. The van der Waals surface area contributed by atoms with Crippen LogP contribution in [0.5, 0.6) is 0 Å². The molecule has 58 valence electrons. The molecule has 0 aromatic heterocycles. The zero-order valence-electron chi connectivity index (χ0n) is 5.67. The minimum absolute atomic E-state index is 0.0533. The van der Waals surface area contributed by atoms with E-state index in [1.165, 1.54) is 0 Å². The molecule has 0 aromatic rings. The fourth-order valence-electron chi connectivity index (χ4n) is 1.24. The predicted molar refractivity (Wildman–Crippen MR) is 44.7 cm³/mol. The molecular formula is C7H7BrN2O. The number of hydrogen-bond donors (Lipinski definition) is 2. The second-order valence-corrected chi connectivity index (χ2v) is 3.42. The Hall–Kier alpha value is -0.770. The number of nitrogens with one attached hydrogen (secondary N) is 2. The molecular weight excluding hydrogens is 208 g/mol. The van der Waals surface area contributed by atoms with Crippen molar-refractivity contribution in [3.63, 3.8) is 0 Å². The molecule has 0 aromatic carbocycles. The minimum atomic E-state index is -0.0533. The van der Waals surface area contributed by atoms with E-state index in [0.29, 0.717) is 10.4 Å². The molecule has 2 rings (SSSR count). The molecule has 0 spiro atoms. The first kappa shape index (κ1) is 6.91. The normalized spacial score (nSPS) is 33.9. The van der Waals surface area contributed by atoms with Crippen molar-refractivity contribution in [3.8, 4) is 0 Å². The summed E-state index contributed by atoms with van der Waals surface area (Å²) in [5, 5.41) is 5.83. The highest BCUT2D eigenvalue weighted by atomic mass is 79.9. The Morgan fingerprint density at radius 3 is 3.18 bits per heavy atom. The van der Waals surface area contributed by atoms with Gasteiger partial charge in [-0.25, -0.2) is 0 Å². The molecule has 0 radical (unpaired) electrons. The van der Waals surface area contributed by atoms with Crippen LogP contribution in [-0.4, -0.2) is 12.1 Å². The number of fused-ring (bicyclic) bond motifs is 1. The van der Waals surface area contributed by atoms with E-state index in [1.807, 2.05) is 18.4 Å². The predicted octanol–water partition coefficient (Wildman–Crippen LogP) is 0.454. The lowest BCUT2D eigenvalue weighted by atomic mass is 10.1. The van der Waals surface area contributed by atoms with E-state index in [4.69, 9.17) is 0 Å². The molecule has 4 heteroatoms. The van der Waals surface area contributed by atoms with Crippen LogP contribution in [0.3, 0.4) is 0 Å². The maximum Gasteiger partial charge on any atom is 0.259 e. The number of carbonyl (C=O) groups is 1. The Balaban J connectivity index is 2.28. The third-order valence-electron chi connectivity index (χ3n) is 1.82. The number of carbonyl (C=O) groups excluding carboxylic acids is 1. The van der Waals surface area contributed by atoms with Crippen LogP contribution in [0.4, 0.5) is 0 Å². The van der Waals surface area contributed by atoms with E-state index < -0.39 is 0 Å². The van der Waals surface area contributed by atoms with E-state index in [1.54, 1.807) is 0 Å². The standard InChI is InChI=1S/C7H7BrN2O/c8-5-3-4-1-2-9-6(4)10-7(5)11/h1-4,6,9H,(H,10,11). The van der Waals surface area contributed by atoms with Crippen molar-refractivity contribution < 1.29 is 4.79 Å².